The van der Waals surface area contributed by atoms with E-state index in [1.54, 1.807) is 13.0 Å². The van der Waals surface area contributed by atoms with E-state index in [0.717, 1.165) is 12.1 Å². The molecule has 0 fully saturated rings. The summed E-state index contributed by atoms with van der Waals surface area (Å²) in [7, 11) is 0. The lowest BCUT2D eigenvalue weighted by molar-refractivity contribution is -0.137. The summed E-state index contributed by atoms with van der Waals surface area (Å²) in [4.78, 5) is 11.7. The molecule has 0 aromatic heterocycles. The number of nitrogens with one attached hydrogen (secondary N) is 1. The highest BCUT2D eigenvalue weighted by molar-refractivity contribution is 5.95. The van der Waals surface area contributed by atoms with Crippen LogP contribution in [-0.4, -0.2) is 5.78 Å². The fourth-order valence-electron chi connectivity index (χ4n) is 1.72. The van der Waals surface area contributed by atoms with E-state index in [1.807, 2.05) is 0 Å². The lowest BCUT2D eigenvalue weighted by atomic mass is 10.1. The average molecular weight is 312 g/mol. The maximum atomic E-state index is 12.4. The second kappa shape index (κ2) is 7.68. The Kier molecular flexibility index (Phi) is 6.22. The van der Waals surface area contributed by atoms with Crippen LogP contribution in [0.2, 0.25) is 0 Å². The van der Waals surface area contributed by atoms with Crippen molar-refractivity contribution in [2.45, 2.75) is 32.5 Å². The van der Waals surface area contributed by atoms with E-state index >= 15 is 0 Å². The van der Waals surface area contributed by atoms with Gasteiger partial charge in [0.25, 0.3) is 0 Å². The van der Waals surface area contributed by atoms with Gasteiger partial charge in [-0.2, -0.15) is 13.2 Å². The van der Waals surface area contributed by atoms with E-state index in [9.17, 15) is 18.0 Å². The van der Waals surface area contributed by atoms with Gasteiger partial charge >= 0.3 is 6.18 Å². The van der Waals surface area contributed by atoms with Crippen molar-refractivity contribution < 1.29 is 18.0 Å². The number of rotatable bonds is 7. The van der Waals surface area contributed by atoms with Crippen LogP contribution in [0.15, 0.2) is 48.3 Å². The molecule has 0 aliphatic carbocycles. The molecule has 0 amide bonds. The summed E-state index contributed by atoms with van der Waals surface area (Å²) in [5.41, 5.74) is 6.35. The number of hydrogen-bond donors (Lipinski definition) is 2. The largest absolute Gasteiger partial charge is 0.416 e. The standard InChI is InChI=1S/C16H19F3N2O/c1-3-4-5-14(22)15(20)11(2)21-10-12-6-8-13(9-7-12)16(17,18)19/h3,6-9,21H,1,4-5,10,20H2,2H3/b15-11-. The monoisotopic (exact) mass is 312 g/mol. The minimum Gasteiger partial charge on any atom is -0.394 e. The number of nitrogens with two attached hydrogens (primary N) is 1. The highest BCUT2D eigenvalue weighted by atomic mass is 19.4. The summed E-state index contributed by atoms with van der Waals surface area (Å²) in [6.45, 7) is 5.48. The van der Waals surface area contributed by atoms with Crippen molar-refractivity contribution in [3.8, 4) is 0 Å². The molecule has 1 aromatic carbocycles. The Morgan fingerprint density at radius 3 is 2.41 bits per heavy atom. The molecule has 1 aromatic rings. The molecule has 3 N–H and O–H groups in total. The Balaban J connectivity index is 2.65. The van der Waals surface area contributed by atoms with Crippen LogP contribution in [0.1, 0.15) is 30.9 Å². The number of Topliss-reactive ketones (excluding diaryl/α,β-unsaturated/α-hetero) is 1. The lowest BCUT2D eigenvalue weighted by Gasteiger charge is -2.11. The van der Waals surface area contributed by atoms with Gasteiger partial charge in [-0.15, -0.1) is 6.58 Å². The summed E-state index contributed by atoms with van der Waals surface area (Å²) in [6, 6.07) is 4.82. The van der Waals surface area contributed by atoms with Gasteiger partial charge in [-0.05, 0) is 31.0 Å². The third kappa shape index (κ3) is 5.27. The first kappa shape index (κ1) is 17.8. The smallest absolute Gasteiger partial charge is 0.394 e. The first-order valence-electron chi connectivity index (χ1n) is 6.76. The first-order valence-corrected chi connectivity index (χ1v) is 6.76. The van der Waals surface area contributed by atoms with Crippen molar-refractivity contribution >= 4 is 5.78 Å². The minimum absolute atomic E-state index is 0.133. The summed E-state index contributed by atoms with van der Waals surface area (Å²) in [6.07, 6.45) is -1.87. The molecule has 0 saturated carbocycles. The average Bonchev–Trinajstić information content (AvgIpc) is 2.48. The van der Waals surface area contributed by atoms with Crippen molar-refractivity contribution in [1.29, 1.82) is 0 Å². The fourth-order valence-corrected chi connectivity index (χ4v) is 1.72. The van der Waals surface area contributed by atoms with E-state index in [4.69, 9.17) is 5.73 Å². The number of carbonyl (C=O) groups is 1. The van der Waals surface area contributed by atoms with Crippen LogP contribution in [-0.2, 0) is 17.5 Å². The van der Waals surface area contributed by atoms with Gasteiger partial charge in [0, 0.05) is 18.7 Å². The molecule has 0 aliphatic heterocycles. The topological polar surface area (TPSA) is 55.1 Å². The molecule has 120 valence electrons. The molecule has 0 aliphatic rings. The van der Waals surface area contributed by atoms with Crippen molar-refractivity contribution in [3.05, 3.63) is 59.4 Å². The maximum absolute atomic E-state index is 12.4. The molecule has 22 heavy (non-hydrogen) atoms. The molecule has 0 heterocycles. The number of hydrogen-bond acceptors (Lipinski definition) is 3. The maximum Gasteiger partial charge on any atom is 0.416 e. The lowest BCUT2D eigenvalue weighted by Crippen LogP contribution is -2.21. The van der Waals surface area contributed by atoms with Crippen molar-refractivity contribution in [1.82, 2.24) is 5.32 Å². The normalized spacial score (nSPS) is 12.5. The molecule has 0 unspecified atom stereocenters. The van der Waals surface area contributed by atoms with Crippen molar-refractivity contribution in [3.63, 3.8) is 0 Å². The van der Waals surface area contributed by atoms with Gasteiger partial charge in [-0.25, -0.2) is 0 Å². The molecule has 6 heteroatoms. The van der Waals surface area contributed by atoms with Gasteiger partial charge in [0.05, 0.1) is 11.3 Å². The van der Waals surface area contributed by atoms with Gasteiger partial charge in [0.15, 0.2) is 5.78 Å². The molecule has 0 atom stereocenters. The summed E-state index contributed by atoms with van der Waals surface area (Å²) in [5, 5.41) is 2.94. The third-order valence-electron chi connectivity index (χ3n) is 3.12. The molecule has 0 spiro atoms. The zero-order valence-corrected chi connectivity index (χ0v) is 12.3. The van der Waals surface area contributed by atoms with Gasteiger partial charge in [0.2, 0.25) is 0 Å². The van der Waals surface area contributed by atoms with Crippen LogP contribution < -0.4 is 11.1 Å². The molecule has 0 bridgehead atoms. The quantitative estimate of drug-likeness (QED) is 0.598. The zero-order chi connectivity index (χ0) is 16.8. The zero-order valence-electron chi connectivity index (χ0n) is 12.3. The van der Waals surface area contributed by atoms with E-state index in [-0.39, 0.29) is 17.9 Å². The number of allylic oxidation sites excluding steroid dienone is 3. The predicted octanol–water partition coefficient (Wildman–Crippen LogP) is 3.52. The van der Waals surface area contributed by atoms with Gasteiger partial charge < -0.3 is 11.1 Å². The van der Waals surface area contributed by atoms with E-state index in [2.05, 4.69) is 11.9 Å². The third-order valence-corrected chi connectivity index (χ3v) is 3.12. The Labute approximate surface area is 127 Å². The molecular formula is C16H19F3N2O. The van der Waals surface area contributed by atoms with Crippen LogP contribution in [0.4, 0.5) is 13.2 Å². The van der Waals surface area contributed by atoms with Crippen LogP contribution in [0.3, 0.4) is 0 Å². The van der Waals surface area contributed by atoms with Crippen LogP contribution in [0, 0.1) is 0 Å². The minimum atomic E-state index is -4.34. The highest BCUT2D eigenvalue weighted by Crippen LogP contribution is 2.29. The SMILES string of the molecule is C=CCCC(=O)/C(N)=C(\C)NCc1ccc(C(F)(F)F)cc1. The fraction of sp³-hybridized carbons (Fsp3) is 0.312. The van der Waals surface area contributed by atoms with E-state index in [1.165, 1.54) is 12.1 Å². The summed E-state index contributed by atoms with van der Waals surface area (Å²) >= 11 is 0. The van der Waals surface area contributed by atoms with Crippen molar-refractivity contribution in [2.24, 2.45) is 5.73 Å². The number of alkyl halides is 3. The number of halogens is 3. The Hall–Kier alpha value is -2.24. The summed E-state index contributed by atoms with van der Waals surface area (Å²) in [5.74, 6) is -0.183. The summed E-state index contributed by atoms with van der Waals surface area (Å²) < 4.78 is 37.3. The molecule has 1 rings (SSSR count). The number of ketones is 1. The molecule has 3 nitrogen and oxygen atoms in total. The number of benzene rings is 1. The second-order valence-electron chi connectivity index (χ2n) is 4.84. The van der Waals surface area contributed by atoms with E-state index < -0.39 is 11.7 Å². The van der Waals surface area contributed by atoms with Gasteiger partial charge in [0.1, 0.15) is 0 Å². The Bertz CT molecular complexity index is 560. The first-order chi connectivity index (χ1) is 10.3. The molecule has 0 saturated heterocycles. The highest BCUT2D eigenvalue weighted by Gasteiger charge is 2.29. The van der Waals surface area contributed by atoms with Crippen molar-refractivity contribution in [2.75, 3.05) is 0 Å². The Morgan fingerprint density at radius 2 is 1.91 bits per heavy atom. The molecular weight excluding hydrogens is 293 g/mol. The second-order valence-corrected chi connectivity index (χ2v) is 4.84. The van der Waals surface area contributed by atoms with Gasteiger partial charge in [-0.3, -0.25) is 4.79 Å². The van der Waals surface area contributed by atoms with Crippen LogP contribution in [0.25, 0.3) is 0 Å². The number of carbonyl (C=O) groups excluding carboxylic acids is 1. The van der Waals surface area contributed by atoms with Crippen LogP contribution >= 0.6 is 0 Å². The van der Waals surface area contributed by atoms with Crippen LogP contribution in [0.5, 0.6) is 0 Å². The predicted molar refractivity (Wildman–Crippen MR) is 79.6 cm³/mol. The van der Waals surface area contributed by atoms with Gasteiger partial charge in [-0.1, -0.05) is 18.2 Å². The Morgan fingerprint density at radius 1 is 1.32 bits per heavy atom. The van der Waals surface area contributed by atoms with E-state index in [0.29, 0.717) is 24.2 Å². The molecule has 0 radical (unpaired) electrons.